The summed E-state index contributed by atoms with van der Waals surface area (Å²) in [6.45, 7) is 7.98. The van der Waals surface area contributed by atoms with Crippen LogP contribution in [0.3, 0.4) is 0 Å². The molecule has 3 aromatic rings. The predicted molar refractivity (Wildman–Crippen MR) is 101 cm³/mol. The molecule has 4 rings (SSSR count). The maximum absolute atomic E-state index is 4.56. The van der Waals surface area contributed by atoms with E-state index in [9.17, 15) is 0 Å². The van der Waals surface area contributed by atoms with Gasteiger partial charge in [-0.3, -0.25) is 0 Å². The van der Waals surface area contributed by atoms with E-state index < -0.39 is 0 Å². The molecule has 0 saturated carbocycles. The number of H-pyrrole nitrogens is 1. The molecule has 1 fully saturated rings. The second-order valence-corrected chi connectivity index (χ2v) is 7.55. The van der Waals surface area contributed by atoms with Gasteiger partial charge in [-0.05, 0) is 24.9 Å². The van der Waals surface area contributed by atoms with Gasteiger partial charge in [-0.2, -0.15) is 0 Å². The lowest BCUT2D eigenvalue weighted by Crippen LogP contribution is -2.45. The largest absolute Gasteiger partial charge is 0.380 e. The van der Waals surface area contributed by atoms with Crippen LogP contribution in [0.5, 0.6) is 0 Å². The number of nitrogens with zero attached hydrogens (tertiary/aromatic N) is 3. The zero-order chi connectivity index (χ0) is 16.5. The number of aromatic amines is 1. The predicted octanol–water partition coefficient (Wildman–Crippen LogP) is 3.83. The van der Waals surface area contributed by atoms with E-state index in [0.717, 1.165) is 40.4 Å². The van der Waals surface area contributed by atoms with Crippen LogP contribution in [0.2, 0.25) is 0 Å². The molecule has 0 radical (unpaired) electrons. The number of pyridine rings is 1. The molecule has 2 atom stereocenters. The summed E-state index contributed by atoms with van der Waals surface area (Å²) in [4.78, 5) is 14.8. The molecule has 4 heterocycles. The Morgan fingerprint density at radius 2 is 2.29 bits per heavy atom. The second kappa shape index (κ2) is 6.53. The number of hydrogen-bond acceptors (Lipinski definition) is 5. The Hall–Kier alpha value is -1.92. The zero-order valence-corrected chi connectivity index (χ0v) is 14.9. The highest BCUT2D eigenvalue weighted by atomic mass is 32.1. The summed E-state index contributed by atoms with van der Waals surface area (Å²) in [5.74, 6) is 0.711. The van der Waals surface area contributed by atoms with E-state index in [1.165, 1.54) is 13.0 Å². The highest BCUT2D eigenvalue weighted by Crippen LogP contribution is 2.35. The summed E-state index contributed by atoms with van der Waals surface area (Å²) < 4.78 is 0. The fraction of sp³-hybridized carbons (Fsp3) is 0.444. The van der Waals surface area contributed by atoms with E-state index in [1.807, 2.05) is 24.0 Å². The zero-order valence-electron chi connectivity index (χ0n) is 14.1. The molecule has 0 amide bonds. The van der Waals surface area contributed by atoms with Crippen LogP contribution in [0.1, 0.15) is 20.3 Å². The number of rotatable bonds is 4. The Morgan fingerprint density at radius 3 is 3.08 bits per heavy atom. The van der Waals surface area contributed by atoms with Crippen LogP contribution in [0.25, 0.3) is 21.6 Å². The molecule has 0 bridgehead atoms. The van der Waals surface area contributed by atoms with Gasteiger partial charge in [0.05, 0.1) is 11.3 Å². The first kappa shape index (κ1) is 15.6. The molecule has 5 nitrogen and oxygen atoms in total. The molecule has 24 heavy (non-hydrogen) atoms. The third-order valence-corrected chi connectivity index (χ3v) is 5.59. The molecule has 1 aliphatic rings. The van der Waals surface area contributed by atoms with Gasteiger partial charge in [0.25, 0.3) is 0 Å². The van der Waals surface area contributed by atoms with Crippen LogP contribution in [0, 0.1) is 5.92 Å². The van der Waals surface area contributed by atoms with Crippen molar-refractivity contribution in [2.45, 2.75) is 26.3 Å². The van der Waals surface area contributed by atoms with Crippen molar-refractivity contribution < 1.29 is 0 Å². The van der Waals surface area contributed by atoms with Crippen molar-refractivity contribution >= 4 is 28.1 Å². The molecule has 1 saturated heterocycles. The van der Waals surface area contributed by atoms with Crippen molar-refractivity contribution in [3.63, 3.8) is 0 Å². The molecular weight excluding hydrogens is 318 g/mol. The first-order valence-corrected chi connectivity index (χ1v) is 9.47. The van der Waals surface area contributed by atoms with Crippen molar-refractivity contribution in [1.29, 1.82) is 0 Å². The van der Waals surface area contributed by atoms with Crippen LogP contribution >= 0.6 is 11.3 Å². The van der Waals surface area contributed by atoms with E-state index in [1.54, 1.807) is 11.3 Å². The van der Waals surface area contributed by atoms with E-state index in [4.69, 9.17) is 0 Å². The van der Waals surface area contributed by atoms with Crippen molar-refractivity contribution in [3.8, 4) is 10.6 Å². The van der Waals surface area contributed by atoms with Crippen molar-refractivity contribution in [3.05, 3.63) is 30.0 Å². The maximum Gasteiger partial charge on any atom is 0.139 e. The number of hydrogen-bond donors (Lipinski definition) is 2. The lowest BCUT2D eigenvalue weighted by Gasteiger charge is -2.37. The SMILES string of the molecule is CCN1C[C@@H](C)C[C@@H](Nc2c(-c3nccs3)cnc3[nH]ccc23)C1. The third kappa shape index (κ3) is 2.91. The summed E-state index contributed by atoms with van der Waals surface area (Å²) in [7, 11) is 0. The Kier molecular flexibility index (Phi) is 4.24. The van der Waals surface area contributed by atoms with E-state index in [2.05, 4.69) is 45.1 Å². The number of fused-ring (bicyclic) bond motifs is 1. The molecule has 0 aliphatic carbocycles. The number of nitrogens with one attached hydrogen (secondary N) is 2. The van der Waals surface area contributed by atoms with Crippen LogP contribution < -0.4 is 5.32 Å². The highest BCUT2D eigenvalue weighted by molar-refractivity contribution is 7.13. The van der Waals surface area contributed by atoms with Gasteiger partial charge >= 0.3 is 0 Å². The number of aromatic nitrogens is 3. The summed E-state index contributed by atoms with van der Waals surface area (Å²) in [6, 6.07) is 2.55. The average Bonchev–Trinajstić information content (AvgIpc) is 3.26. The Bertz CT molecular complexity index is 810. The summed E-state index contributed by atoms with van der Waals surface area (Å²) >= 11 is 1.66. The Balaban J connectivity index is 1.72. The van der Waals surface area contributed by atoms with Crippen molar-refractivity contribution in [1.82, 2.24) is 19.9 Å². The number of anilines is 1. The van der Waals surface area contributed by atoms with Gasteiger partial charge in [0.15, 0.2) is 0 Å². The van der Waals surface area contributed by atoms with E-state index in [0.29, 0.717) is 12.0 Å². The first-order valence-electron chi connectivity index (χ1n) is 8.59. The fourth-order valence-corrected chi connectivity index (χ4v) is 4.36. The van der Waals surface area contributed by atoms with Gasteiger partial charge < -0.3 is 15.2 Å². The summed E-state index contributed by atoms with van der Waals surface area (Å²) in [6.07, 6.45) is 6.94. The lowest BCUT2D eigenvalue weighted by atomic mass is 9.95. The molecule has 126 valence electrons. The van der Waals surface area contributed by atoms with Crippen molar-refractivity contribution in [2.24, 2.45) is 5.92 Å². The number of thiazole rings is 1. The second-order valence-electron chi connectivity index (χ2n) is 6.66. The molecule has 2 N–H and O–H groups in total. The smallest absolute Gasteiger partial charge is 0.139 e. The summed E-state index contributed by atoms with van der Waals surface area (Å²) in [5, 5.41) is 8.00. The average molecular weight is 341 g/mol. The van der Waals surface area contributed by atoms with Gasteiger partial charge in [-0.15, -0.1) is 11.3 Å². The summed E-state index contributed by atoms with van der Waals surface area (Å²) in [5.41, 5.74) is 3.18. The van der Waals surface area contributed by atoms with Crippen LogP contribution in [-0.4, -0.2) is 45.5 Å². The Labute approximate surface area is 146 Å². The van der Waals surface area contributed by atoms with Crippen LogP contribution in [-0.2, 0) is 0 Å². The van der Waals surface area contributed by atoms with Crippen molar-refractivity contribution in [2.75, 3.05) is 25.0 Å². The van der Waals surface area contributed by atoms with Gasteiger partial charge in [0.2, 0.25) is 0 Å². The first-order chi connectivity index (χ1) is 11.7. The van der Waals surface area contributed by atoms with Crippen LogP contribution in [0.4, 0.5) is 5.69 Å². The number of likely N-dealkylation sites (N-methyl/N-ethyl adjacent to an activating group) is 1. The minimum absolute atomic E-state index is 0.452. The minimum atomic E-state index is 0.452. The molecule has 0 unspecified atom stereocenters. The van der Waals surface area contributed by atoms with E-state index >= 15 is 0 Å². The van der Waals surface area contributed by atoms with Gasteiger partial charge in [-0.1, -0.05) is 13.8 Å². The van der Waals surface area contributed by atoms with Gasteiger partial charge in [-0.25, -0.2) is 9.97 Å². The minimum Gasteiger partial charge on any atom is -0.380 e. The number of likely N-dealkylation sites (tertiary alicyclic amines) is 1. The van der Waals surface area contributed by atoms with Gasteiger partial charge in [0.1, 0.15) is 10.7 Å². The normalized spacial score (nSPS) is 22.1. The molecular formula is C18H23N5S. The lowest BCUT2D eigenvalue weighted by molar-refractivity contribution is 0.180. The molecule has 0 aromatic carbocycles. The monoisotopic (exact) mass is 341 g/mol. The highest BCUT2D eigenvalue weighted by Gasteiger charge is 2.25. The van der Waals surface area contributed by atoms with E-state index in [-0.39, 0.29) is 0 Å². The third-order valence-electron chi connectivity index (χ3n) is 4.78. The molecule has 1 aliphatic heterocycles. The quantitative estimate of drug-likeness (QED) is 0.757. The number of piperidine rings is 1. The maximum atomic E-state index is 4.56. The molecule has 3 aromatic heterocycles. The molecule has 6 heteroatoms. The molecule has 0 spiro atoms. The standard InChI is InChI=1S/C18H23N5S/c1-3-23-10-12(2)8-13(11-23)22-16-14-4-5-19-17(14)21-9-15(16)18-20-6-7-24-18/h4-7,9,12-13H,3,8,10-11H2,1-2H3,(H2,19,21,22)/t12-,13+/m0/s1. The van der Waals surface area contributed by atoms with Gasteiger partial charge in [0, 0.05) is 48.5 Å². The van der Waals surface area contributed by atoms with Crippen LogP contribution in [0.15, 0.2) is 30.0 Å². The topological polar surface area (TPSA) is 56.8 Å². The fourth-order valence-electron chi connectivity index (χ4n) is 3.71. The Morgan fingerprint density at radius 1 is 1.38 bits per heavy atom.